The third kappa shape index (κ3) is 4.15. The molecule has 4 rings (SSSR count). The fourth-order valence-corrected chi connectivity index (χ4v) is 4.49. The van der Waals surface area contributed by atoms with E-state index in [2.05, 4.69) is 15.4 Å². The van der Waals surface area contributed by atoms with Crippen LogP contribution in [0.3, 0.4) is 0 Å². The molecule has 0 radical (unpaired) electrons. The first-order valence-corrected chi connectivity index (χ1v) is 9.47. The van der Waals surface area contributed by atoms with Crippen molar-refractivity contribution in [1.82, 2.24) is 10.6 Å². The van der Waals surface area contributed by atoms with E-state index in [1.165, 1.54) is 12.1 Å². The van der Waals surface area contributed by atoms with Crippen LogP contribution in [0.15, 0.2) is 24.3 Å². The number of amides is 1. The minimum absolute atomic E-state index is 0.0315. The zero-order valence-corrected chi connectivity index (χ0v) is 15.0. The van der Waals surface area contributed by atoms with Crippen LogP contribution >= 0.6 is 0 Å². The van der Waals surface area contributed by atoms with E-state index in [9.17, 15) is 18.0 Å². The molecule has 1 aromatic carbocycles. The molecule has 1 aliphatic carbocycles. The van der Waals surface area contributed by atoms with Crippen LogP contribution in [0.4, 0.5) is 18.9 Å². The highest BCUT2D eigenvalue weighted by atomic mass is 19.4. The van der Waals surface area contributed by atoms with Crippen molar-refractivity contribution in [3.8, 4) is 5.75 Å². The van der Waals surface area contributed by atoms with Crippen molar-refractivity contribution in [2.24, 2.45) is 11.3 Å². The normalized spacial score (nSPS) is 26.9. The van der Waals surface area contributed by atoms with Gasteiger partial charge in [-0.25, -0.2) is 0 Å². The average Bonchev–Trinajstić information content (AvgIpc) is 3.09. The lowest BCUT2D eigenvalue weighted by molar-refractivity contribution is -0.274. The van der Waals surface area contributed by atoms with Gasteiger partial charge in [-0.05, 0) is 56.3 Å². The summed E-state index contributed by atoms with van der Waals surface area (Å²) in [5.41, 5.74) is 0.881. The standard InChI is InChI=1S/C19H24F3N3O2/c20-19(21,22)27-15-3-1-2-14(10-15)25-9-4-13(12-25)24-17(26)16-11-18(16)5-7-23-8-6-18/h1-3,10,13,16,23H,4-9,11-12H2,(H,24,26). The molecule has 2 N–H and O–H groups in total. The van der Waals surface area contributed by atoms with Crippen LogP contribution in [0, 0.1) is 11.3 Å². The Bertz CT molecular complexity index is 704. The highest BCUT2D eigenvalue weighted by Gasteiger charge is 2.57. The fourth-order valence-electron chi connectivity index (χ4n) is 4.49. The Labute approximate surface area is 156 Å². The van der Waals surface area contributed by atoms with Gasteiger partial charge in [0, 0.05) is 36.8 Å². The Morgan fingerprint density at radius 3 is 2.81 bits per heavy atom. The van der Waals surface area contributed by atoms with Crippen LogP contribution in [0.1, 0.15) is 25.7 Å². The van der Waals surface area contributed by atoms with Gasteiger partial charge in [0.2, 0.25) is 5.91 Å². The summed E-state index contributed by atoms with van der Waals surface area (Å²) in [4.78, 5) is 14.6. The molecule has 148 valence electrons. The summed E-state index contributed by atoms with van der Waals surface area (Å²) < 4.78 is 41.2. The largest absolute Gasteiger partial charge is 0.573 e. The number of hydrogen-bond donors (Lipinski definition) is 2. The molecule has 2 unspecified atom stereocenters. The second kappa shape index (κ2) is 6.89. The number of carbonyl (C=O) groups excluding carboxylic acids is 1. The van der Waals surface area contributed by atoms with Crippen molar-refractivity contribution in [2.75, 3.05) is 31.1 Å². The molecule has 3 fully saturated rings. The molecule has 8 heteroatoms. The fraction of sp³-hybridized carbons (Fsp3) is 0.632. The van der Waals surface area contributed by atoms with E-state index < -0.39 is 6.36 Å². The maximum absolute atomic E-state index is 12.6. The predicted molar refractivity (Wildman–Crippen MR) is 94.5 cm³/mol. The van der Waals surface area contributed by atoms with Crippen molar-refractivity contribution in [3.63, 3.8) is 0 Å². The minimum Gasteiger partial charge on any atom is -0.406 e. The van der Waals surface area contributed by atoms with Gasteiger partial charge in [-0.3, -0.25) is 4.79 Å². The second-order valence-electron chi connectivity index (χ2n) is 7.85. The second-order valence-corrected chi connectivity index (χ2v) is 7.85. The first kappa shape index (κ1) is 18.4. The molecular weight excluding hydrogens is 359 g/mol. The van der Waals surface area contributed by atoms with Crippen LogP contribution in [0.25, 0.3) is 0 Å². The molecule has 0 bridgehead atoms. The first-order chi connectivity index (χ1) is 12.8. The zero-order chi connectivity index (χ0) is 19.1. The molecule has 2 saturated heterocycles. The Hall–Kier alpha value is -1.96. The zero-order valence-electron chi connectivity index (χ0n) is 15.0. The van der Waals surface area contributed by atoms with Gasteiger partial charge in [0.1, 0.15) is 5.75 Å². The highest BCUT2D eigenvalue weighted by molar-refractivity contribution is 5.83. The van der Waals surface area contributed by atoms with Crippen molar-refractivity contribution in [1.29, 1.82) is 0 Å². The number of benzene rings is 1. The molecular formula is C19H24F3N3O2. The summed E-state index contributed by atoms with van der Waals surface area (Å²) in [6, 6.07) is 6.02. The number of nitrogens with zero attached hydrogens (tertiary/aromatic N) is 1. The molecule has 2 aliphatic heterocycles. The minimum atomic E-state index is -4.70. The molecule has 0 aromatic heterocycles. The maximum Gasteiger partial charge on any atom is 0.573 e. The third-order valence-corrected chi connectivity index (χ3v) is 6.06. The summed E-state index contributed by atoms with van der Waals surface area (Å²) in [7, 11) is 0. The van der Waals surface area contributed by atoms with Crippen molar-refractivity contribution in [3.05, 3.63) is 24.3 Å². The lowest BCUT2D eigenvalue weighted by Gasteiger charge is -2.24. The van der Waals surface area contributed by atoms with Crippen LogP contribution in [-0.2, 0) is 4.79 Å². The van der Waals surface area contributed by atoms with E-state index in [0.29, 0.717) is 18.8 Å². The molecule has 1 aromatic rings. The van der Waals surface area contributed by atoms with Crippen molar-refractivity contribution in [2.45, 2.75) is 38.1 Å². The van der Waals surface area contributed by atoms with E-state index >= 15 is 0 Å². The summed E-state index contributed by atoms with van der Waals surface area (Å²) in [5.74, 6) is 0.0355. The molecule has 27 heavy (non-hydrogen) atoms. The van der Waals surface area contributed by atoms with E-state index in [1.54, 1.807) is 12.1 Å². The third-order valence-electron chi connectivity index (χ3n) is 6.06. The molecule has 2 atom stereocenters. The topological polar surface area (TPSA) is 53.6 Å². The molecule has 3 aliphatic rings. The van der Waals surface area contributed by atoms with Crippen LogP contribution in [-0.4, -0.2) is 44.5 Å². The van der Waals surface area contributed by atoms with Crippen LogP contribution < -0.4 is 20.3 Å². The summed E-state index contributed by atoms with van der Waals surface area (Å²) >= 11 is 0. The number of rotatable bonds is 4. The lowest BCUT2D eigenvalue weighted by Crippen LogP contribution is -2.40. The van der Waals surface area contributed by atoms with E-state index in [0.717, 1.165) is 38.8 Å². The number of carbonyl (C=O) groups is 1. The van der Waals surface area contributed by atoms with Gasteiger partial charge in [-0.15, -0.1) is 13.2 Å². The van der Waals surface area contributed by atoms with Gasteiger partial charge >= 0.3 is 6.36 Å². The predicted octanol–water partition coefficient (Wildman–Crippen LogP) is 2.67. The average molecular weight is 383 g/mol. The Morgan fingerprint density at radius 1 is 1.30 bits per heavy atom. The number of hydrogen-bond acceptors (Lipinski definition) is 4. The maximum atomic E-state index is 12.6. The number of halogens is 3. The van der Waals surface area contributed by atoms with Gasteiger partial charge in [0.15, 0.2) is 0 Å². The molecule has 1 saturated carbocycles. The Kier molecular flexibility index (Phi) is 4.70. The first-order valence-electron chi connectivity index (χ1n) is 9.47. The van der Waals surface area contributed by atoms with E-state index in [-0.39, 0.29) is 29.0 Å². The van der Waals surface area contributed by atoms with Gasteiger partial charge in [-0.1, -0.05) is 6.07 Å². The monoisotopic (exact) mass is 383 g/mol. The summed E-state index contributed by atoms with van der Waals surface area (Å²) in [5, 5.41) is 6.49. The summed E-state index contributed by atoms with van der Waals surface area (Å²) in [6.45, 7) is 3.26. The van der Waals surface area contributed by atoms with Gasteiger partial charge < -0.3 is 20.3 Å². The SMILES string of the molecule is O=C(NC1CCN(c2cccc(OC(F)(F)F)c2)C1)C1CC12CCNCC2. The number of ether oxygens (including phenoxy) is 1. The Balaban J connectivity index is 1.31. The van der Waals surface area contributed by atoms with Crippen LogP contribution in [0.5, 0.6) is 5.75 Å². The summed E-state index contributed by atoms with van der Waals surface area (Å²) in [6.07, 6.45) is -0.804. The number of nitrogens with one attached hydrogen (secondary N) is 2. The van der Waals surface area contributed by atoms with E-state index in [1.807, 2.05) is 4.90 Å². The Morgan fingerprint density at radius 2 is 2.07 bits per heavy atom. The highest BCUT2D eigenvalue weighted by Crippen LogP contribution is 2.58. The number of piperidine rings is 1. The lowest BCUT2D eigenvalue weighted by atomic mass is 9.91. The molecule has 5 nitrogen and oxygen atoms in total. The van der Waals surface area contributed by atoms with Crippen molar-refractivity contribution >= 4 is 11.6 Å². The van der Waals surface area contributed by atoms with Gasteiger partial charge in [-0.2, -0.15) is 0 Å². The van der Waals surface area contributed by atoms with Gasteiger partial charge in [0.05, 0.1) is 0 Å². The van der Waals surface area contributed by atoms with E-state index in [4.69, 9.17) is 0 Å². The quantitative estimate of drug-likeness (QED) is 0.840. The smallest absolute Gasteiger partial charge is 0.406 e. The number of anilines is 1. The molecule has 1 spiro atoms. The molecule has 2 heterocycles. The van der Waals surface area contributed by atoms with Gasteiger partial charge in [0.25, 0.3) is 0 Å². The van der Waals surface area contributed by atoms with Crippen molar-refractivity contribution < 1.29 is 22.7 Å². The molecule has 1 amide bonds. The number of alkyl halides is 3. The van der Waals surface area contributed by atoms with Crippen LogP contribution in [0.2, 0.25) is 0 Å².